The van der Waals surface area contributed by atoms with Gasteiger partial charge in [0, 0.05) is 38.3 Å². The Morgan fingerprint density at radius 3 is 2.40 bits per heavy atom. The fraction of sp³-hybridized carbons (Fsp3) is 0.500. The first-order chi connectivity index (χ1) is 9.47. The van der Waals surface area contributed by atoms with Gasteiger partial charge in [-0.25, -0.2) is 13.6 Å². The van der Waals surface area contributed by atoms with Crippen molar-refractivity contribution in [3.63, 3.8) is 0 Å². The predicted octanol–water partition coefficient (Wildman–Crippen LogP) is 2.20. The summed E-state index contributed by atoms with van der Waals surface area (Å²) in [6, 6.07) is 3.56. The molecule has 1 aliphatic heterocycles. The summed E-state index contributed by atoms with van der Waals surface area (Å²) in [6.07, 6.45) is 0. The molecule has 1 N–H and O–H groups in total. The lowest BCUT2D eigenvalue weighted by atomic mass is 10.2. The van der Waals surface area contributed by atoms with Gasteiger partial charge in [0.25, 0.3) is 0 Å². The number of hydrogen-bond donors (Lipinski definition) is 1. The number of halogens is 2. The molecule has 1 aromatic carbocycles. The molecule has 1 heterocycles. The lowest BCUT2D eigenvalue weighted by Crippen LogP contribution is -2.53. The van der Waals surface area contributed by atoms with Crippen LogP contribution in [0.5, 0.6) is 0 Å². The number of nitrogens with zero attached hydrogens (tertiary/aromatic N) is 2. The van der Waals surface area contributed by atoms with E-state index in [1.807, 2.05) is 18.7 Å². The van der Waals surface area contributed by atoms with E-state index in [2.05, 4.69) is 5.32 Å². The SMILES string of the molecule is CC(C)NC(=O)N1CCN(c2ccc(F)cc2F)CC1. The van der Waals surface area contributed by atoms with Gasteiger partial charge in [-0.05, 0) is 26.0 Å². The summed E-state index contributed by atoms with van der Waals surface area (Å²) in [4.78, 5) is 15.4. The maximum absolute atomic E-state index is 13.7. The van der Waals surface area contributed by atoms with Gasteiger partial charge in [-0.15, -0.1) is 0 Å². The zero-order valence-corrected chi connectivity index (χ0v) is 11.7. The van der Waals surface area contributed by atoms with Gasteiger partial charge in [-0.3, -0.25) is 0 Å². The summed E-state index contributed by atoms with van der Waals surface area (Å²) in [7, 11) is 0. The van der Waals surface area contributed by atoms with Crippen molar-refractivity contribution < 1.29 is 13.6 Å². The third-order valence-corrected chi connectivity index (χ3v) is 3.23. The van der Waals surface area contributed by atoms with Gasteiger partial charge < -0.3 is 15.1 Å². The monoisotopic (exact) mass is 283 g/mol. The first kappa shape index (κ1) is 14.6. The molecule has 1 saturated heterocycles. The Kier molecular flexibility index (Phi) is 4.42. The summed E-state index contributed by atoms with van der Waals surface area (Å²) in [5, 5.41) is 2.83. The topological polar surface area (TPSA) is 35.6 Å². The average Bonchev–Trinajstić information content (AvgIpc) is 2.38. The molecule has 1 fully saturated rings. The van der Waals surface area contributed by atoms with Gasteiger partial charge in [0.05, 0.1) is 5.69 Å². The Morgan fingerprint density at radius 2 is 1.85 bits per heavy atom. The van der Waals surface area contributed by atoms with E-state index in [1.165, 1.54) is 12.1 Å². The summed E-state index contributed by atoms with van der Waals surface area (Å²) >= 11 is 0. The minimum Gasteiger partial charge on any atom is -0.366 e. The van der Waals surface area contributed by atoms with Crippen LogP contribution in [-0.2, 0) is 0 Å². The van der Waals surface area contributed by atoms with E-state index in [4.69, 9.17) is 0 Å². The van der Waals surface area contributed by atoms with Gasteiger partial charge in [0.2, 0.25) is 0 Å². The molecule has 2 rings (SSSR count). The summed E-state index contributed by atoms with van der Waals surface area (Å²) < 4.78 is 26.6. The highest BCUT2D eigenvalue weighted by atomic mass is 19.1. The molecule has 20 heavy (non-hydrogen) atoms. The standard InChI is InChI=1S/C14H19F2N3O/c1-10(2)17-14(20)19-7-5-18(6-8-19)13-4-3-11(15)9-12(13)16/h3-4,9-10H,5-8H2,1-2H3,(H,17,20). The van der Waals surface area contributed by atoms with E-state index in [9.17, 15) is 13.6 Å². The van der Waals surface area contributed by atoms with Crippen molar-refractivity contribution in [1.82, 2.24) is 10.2 Å². The summed E-state index contributed by atoms with van der Waals surface area (Å²) in [5.41, 5.74) is 0.385. The van der Waals surface area contributed by atoms with Crippen LogP contribution < -0.4 is 10.2 Å². The van der Waals surface area contributed by atoms with Gasteiger partial charge in [0.15, 0.2) is 0 Å². The van der Waals surface area contributed by atoms with Crippen LogP contribution in [-0.4, -0.2) is 43.2 Å². The van der Waals surface area contributed by atoms with Crippen molar-refractivity contribution in [2.24, 2.45) is 0 Å². The first-order valence-electron chi connectivity index (χ1n) is 6.73. The van der Waals surface area contributed by atoms with Crippen LogP contribution in [0.4, 0.5) is 19.3 Å². The normalized spacial score (nSPS) is 15.7. The van der Waals surface area contributed by atoms with Gasteiger partial charge in [-0.2, -0.15) is 0 Å². The molecule has 0 radical (unpaired) electrons. The first-order valence-corrected chi connectivity index (χ1v) is 6.73. The molecule has 0 atom stereocenters. The molecule has 0 aromatic heterocycles. The molecule has 1 aliphatic rings. The van der Waals surface area contributed by atoms with E-state index >= 15 is 0 Å². The van der Waals surface area contributed by atoms with E-state index in [0.29, 0.717) is 31.9 Å². The van der Waals surface area contributed by atoms with Gasteiger partial charge >= 0.3 is 6.03 Å². The Balaban J connectivity index is 1.95. The second-order valence-corrected chi connectivity index (χ2v) is 5.17. The highest BCUT2D eigenvalue weighted by Gasteiger charge is 2.23. The largest absolute Gasteiger partial charge is 0.366 e. The Hall–Kier alpha value is -1.85. The number of amides is 2. The number of anilines is 1. The third kappa shape index (κ3) is 3.37. The molecule has 0 unspecified atom stereocenters. The highest BCUT2D eigenvalue weighted by molar-refractivity contribution is 5.74. The second kappa shape index (κ2) is 6.07. The van der Waals surface area contributed by atoms with E-state index in [0.717, 1.165) is 6.07 Å². The highest BCUT2D eigenvalue weighted by Crippen LogP contribution is 2.21. The van der Waals surface area contributed by atoms with Crippen molar-refractivity contribution in [1.29, 1.82) is 0 Å². The number of benzene rings is 1. The molecular formula is C14H19F2N3O. The Labute approximate surface area is 117 Å². The molecule has 0 aliphatic carbocycles. The number of hydrogen-bond acceptors (Lipinski definition) is 2. The maximum Gasteiger partial charge on any atom is 0.317 e. The fourth-order valence-electron chi connectivity index (χ4n) is 2.23. The van der Waals surface area contributed by atoms with E-state index in [1.54, 1.807) is 4.90 Å². The minimum absolute atomic E-state index is 0.0927. The molecule has 0 bridgehead atoms. The van der Waals surface area contributed by atoms with Crippen molar-refractivity contribution in [3.05, 3.63) is 29.8 Å². The molecule has 4 nitrogen and oxygen atoms in total. The summed E-state index contributed by atoms with van der Waals surface area (Å²) in [5.74, 6) is -1.15. The predicted molar refractivity (Wildman–Crippen MR) is 73.8 cm³/mol. The zero-order chi connectivity index (χ0) is 14.7. The van der Waals surface area contributed by atoms with Gasteiger partial charge in [0.1, 0.15) is 11.6 Å². The fourth-order valence-corrected chi connectivity index (χ4v) is 2.23. The third-order valence-electron chi connectivity index (χ3n) is 3.23. The molecule has 0 saturated carbocycles. The van der Waals surface area contributed by atoms with E-state index in [-0.39, 0.29) is 12.1 Å². The second-order valence-electron chi connectivity index (χ2n) is 5.17. The minimum atomic E-state index is -0.582. The molecule has 0 spiro atoms. The van der Waals surface area contributed by atoms with Crippen molar-refractivity contribution >= 4 is 11.7 Å². The number of urea groups is 1. The molecule has 6 heteroatoms. The number of nitrogens with one attached hydrogen (secondary N) is 1. The van der Waals surface area contributed by atoms with Crippen molar-refractivity contribution in [2.75, 3.05) is 31.1 Å². The van der Waals surface area contributed by atoms with E-state index < -0.39 is 11.6 Å². The number of piperazine rings is 1. The van der Waals surface area contributed by atoms with Crippen molar-refractivity contribution in [2.45, 2.75) is 19.9 Å². The van der Waals surface area contributed by atoms with Crippen LogP contribution in [0.1, 0.15) is 13.8 Å². The number of carbonyl (C=O) groups is 1. The number of rotatable bonds is 2. The van der Waals surface area contributed by atoms with Crippen LogP contribution in [0.3, 0.4) is 0 Å². The van der Waals surface area contributed by atoms with Crippen LogP contribution >= 0.6 is 0 Å². The quantitative estimate of drug-likeness (QED) is 0.903. The van der Waals surface area contributed by atoms with Crippen LogP contribution in [0, 0.1) is 11.6 Å². The smallest absolute Gasteiger partial charge is 0.317 e. The molecule has 2 amide bonds. The van der Waals surface area contributed by atoms with Crippen molar-refractivity contribution in [3.8, 4) is 0 Å². The maximum atomic E-state index is 13.7. The molecular weight excluding hydrogens is 264 g/mol. The van der Waals surface area contributed by atoms with Crippen LogP contribution in [0.15, 0.2) is 18.2 Å². The lowest BCUT2D eigenvalue weighted by molar-refractivity contribution is 0.191. The Bertz CT molecular complexity index is 485. The molecule has 110 valence electrons. The average molecular weight is 283 g/mol. The Morgan fingerprint density at radius 1 is 1.20 bits per heavy atom. The number of carbonyl (C=O) groups excluding carboxylic acids is 1. The zero-order valence-electron chi connectivity index (χ0n) is 11.7. The van der Waals surface area contributed by atoms with Gasteiger partial charge in [-0.1, -0.05) is 0 Å². The van der Waals surface area contributed by atoms with Crippen LogP contribution in [0.2, 0.25) is 0 Å². The van der Waals surface area contributed by atoms with Crippen LogP contribution in [0.25, 0.3) is 0 Å². The lowest BCUT2D eigenvalue weighted by Gasteiger charge is -2.36. The molecule has 1 aromatic rings. The summed E-state index contributed by atoms with van der Waals surface area (Å²) in [6.45, 7) is 5.93.